The normalized spacial score (nSPS) is 9.41. The third kappa shape index (κ3) is 2.69. The molecule has 1 heterocycles. The van der Waals surface area contributed by atoms with Crippen LogP contribution in [0, 0.1) is 11.3 Å². The predicted molar refractivity (Wildman–Crippen MR) is 59.8 cm³/mol. The van der Waals surface area contributed by atoms with E-state index in [0.717, 1.165) is 5.75 Å². The minimum atomic E-state index is 0.203. The summed E-state index contributed by atoms with van der Waals surface area (Å²) >= 11 is 0. The fourth-order valence-corrected chi connectivity index (χ4v) is 1.18. The van der Waals surface area contributed by atoms with E-state index in [0.29, 0.717) is 11.3 Å². The van der Waals surface area contributed by atoms with E-state index in [2.05, 4.69) is 9.97 Å². The maximum atomic E-state index is 8.59. The lowest BCUT2D eigenvalue weighted by Crippen LogP contribution is -1.92. The van der Waals surface area contributed by atoms with Crippen LogP contribution in [0.3, 0.4) is 0 Å². The van der Waals surface area contributed by atoms with Crippen molar-refractivity contribution in [1.82, 2.24) is 9.97 Å². The van der Waals surface area contributed by atoms with Gasteiger partial charge in [0.25, 0.3) is 0 Å². The van der Waals surface area contributed by atoms with Gasteiger partial charge in [0.15, 0.2) is 0 Å². The van der Waals surface area contributed by atoms with Gasteiger partial charge in [-0.05, 0) is 24.3 Å². The van der Waals surface area contributed by atoms with E-state index < -0.39 is 0 Å². The van der Waals surface area contributed by atoms with Gasteiger partial charge < -0.3 is 9.47 Å². The van der Waals surface area contributed by atoms with Gasteiger partial charge in [-0.3, -0.25) is 0 Å². The second-order valence-corrected chi connectivity index (χ2v) is 3.14. The molecule has 0 amide bonds. The summed E-state index contributed by atoms with van der Waals surface area (Å²) < 4.78 is 10.4. The summed E-state index contributed by atoms with van der Waals surface area (Å²) in [5.41, 5.74) is 0.395. The van der Waals surface area contributed by atoms with E-state index in [-0.39, 0.29) is 6.01 Å². The smallest absolute Gasteiger partial charge is 0.321 e. The summed E-state index contributed by atoms with van der Waals surface area (Å²) in [6, 6.07) is 9.19. The molecule has 0 spiro atoms. The zero-order valence-corrected chi connectivity index (χ0v) is 9.12. The van der Waals surface area contributed by atoms with Crippen molar-refractivity contribution in [3.63, 3.8) is 0 Å². The summed E-state index contributed by atoms with van der Waals surface area (Å²) in [4.78, 5) is 7.80. The molecule has 5 nitrogen and oxygen atoms in total. The molecule has 84 valence electrons. The maximum Gasteiger partial charge on any atom is 0.321 e. The van der Waals surface area contributed by atoms with Gasteiger partial charge in [-0.25, -0.2) is 9.97 Å². The molecule has 17 heavy (non-hydrogen) atoms. The number of aromatic nitrogens is 2. The van der Waals surface area contributed by atoms with Crippen LogP contribution in [-0.2, 0) is 0 Å². The molecular weight excluding hydrogens is 218 g/mol. The van der Waals surface area contributed by atoms with Gasteiger partial charge in [0, 0.05) is 0 Å². The number of rotatable bonds is 3. The highest BCUT2D eigenvalue weighted by Crippen LogP contribution is 2.20. The van der Waals surface area contributed by atoms with Gasteiger partial charge in [-0.15, -0.1) is 0 Å². The molecule has 0 saturated carbocycles. The van der Waals surface area contributed by atoms with Crippen molar-refractivity contribution in [3.8, 4) is 23.6 Å². The van der Waals surface area contributed by atoms with Crippen molar-refractivity contribution >= 4 is 0 Å². The second-order valence-electron chi connectivity index (χ2n) is 3.14. The minimum Gasteiger partial charge on any atom is -0.497 e. The minimum absolute atomic E-state index is 0.203. The van der Waals surface area contributed by atoms with Crippen LogP contribution in [0.2, 0.25) is 0 Å². The largest absolute Gasteiger partial charge is 0.497 e. The van der Waals surface area contributed by atoms with Gasteiger partial charge in [0.1, 0.15) is 17.6 Å². The molecule has 0 N–H and O–H groups in total. The van der Waals surface area contributed by atoms with Crippen LogP contribution in [-0.4, -0.2) is 17.1 Å². The van der Waals surface area contributed by atoms with Crippen LogP contribution >= 0.6 is 0 Å². The Morgan fingerprint density at radius 3 is 2.18 bits per heavy atom. The van der Waals surface area contributed by atoms with Crippen molar-refractivity contribution in [3.05, 3.63) is 42.2 Å². The Labute approximate surface area is 98.3 Å². The topological polar surface area (TPSA) is 68.0 Å². The van der Waals surface area contributed by atoms with Crippen LogP contribution in [0.5, 0.6) is 17.5 Å². The molecule has 2 aromatic rings. The molecule has 0 aliphatic rings. The number of nitriles is 1. The number of benzene rings is 1. The average molecular weight is 227 g/mol. The molecule has 1 aromatic heterocycles. The Morgan fingerprint density at radius 1 is 1.06 bits per heavy atom. The Kier molecular flexibility index (Phi) is 3.17. The summed E-state index contributed by atoms with van der Waals surface area (Å²) in [5, 5.41) is 8.59. The molecule has 1 aromatic carbocycles. The molecule has 0 aliphatic heterocycles. The Bertz CT molecular complexity index is 529. The van der Waals surface area contributed by atoms with E-state index in [1.54, 1.807) is 31.4 Å². The van der Waals surface area contributed by atoms with Gasteiger partial charge in [0.05, 0.1) is 25.1 Å². The lowest BCUT2D eigenvalue weighted by Gasteiger charge is -2.04. The molecule has 0 radical (unpaired) electrons. The van der Waals surface area contributed by atoms with Gasteiger partial charge in [-0.2, -0.15) is 5.26 Å². The van der Waals surface area contributed by atoms with E-state index in [9.17, 15) is 0 Å². The average Bonchev–Trinajstić information content (AvgIpc) is 2.40. The van der Waals surface area contributed by atoms with Crippen molar-refractivity contribution in [1.29, 1.82) is 5.26 Å². The standard InChI is InChI=1S/C12H9N3O2/c1-16-10-2-4-11(5-3-10)17-12-14-7-9(6-13)8-15-12/h2-5,7-8H,1H3. The highest BCUT2D eigenvalue weighted by atomic mass is 16.5. The fraction of sp³-hybridized carbons (Fsp3) is 0.0833. The zero-order chi connectivity index (χ0) is 12.1. The molecule has 0 bridgehead atoms. The zero-order valence-electron chi connectivity index (χ0n) is 9.12. The predicted octanol–water partition coefficient (Wildman–Crippen LogP) is 2.15. The fourth-order valence-electron chi connectivity index (χ4n) is 1.18. The first-order chi connectivity index (χ1) is 8.31. The SMILES string of the molecule is COc1ccc(Oc2ncc(C#N)cn2)cc1. The summed E-state index contributed by atoms with van der Waals surface area (Å²) in [5.74, 6) is 1.36. The number of ether oxygens (including phenoxy) is 2. The Balaban J connectivity index is 2.11. The van der Waals surface area contributed by atoms with E-state index in [1.165, 1.54) is 12.4 Å². The van der Waals surface area contributed by atoms with E-state index >= 15 is 0 Å². The van der Waals surface area contributed by atoms with Gasteiger partial charge in [-0.1, -0.05) is 0 Å². The van der Waals surface area contributed by atoms with Gasteiger partial charge in [0.2, 0.25) is 0 Å². The first-order valence-electron chi connectivity index (χ1n) is 4.86. The number of hydrogen-bond donors (Lipinski definition) is 0. The first kappa shape index (κ1) is 10.9. The molecule has 2 rings (SSSR count). The molecule has 0 saturated heterocycles. The van der Waals surface area contributed by atoms with Crippen LogP contribution < -0.4 is 9.47 Å². The Hall–Kier alpha value is -2.61. The molecular formula is C12H9N3O2. The van der Waals surface area contributed by atoms with Crippen molar-refractivity contribution in [2.75, 3.05) is 7.11 Å². The van der Waals surface area contributed by atoms with E-state index in [4.69, 9.17) is 14.7 Å². The van der Waals surface area contributed by atoms with Crippen LogP contribution in [0.4, 0.5) is 0 Å². The highest BCUT2D eigenvalue weighted by molar-refractivity contribution is 5.32. The highest BCUT2D eigenvalue weighted by Gasteiger charge is 2.00. The van der Waals surface area contributed by atoms with Crippen LogP contribution in [0.25, 0.3) is 0 Å². The number of nitrogens with zero attached hydrogens (tertiary/aromatic N) is 3. The molecule has 0 fully saturated rings. The van der Waals surface area contributed by atoms with Crippen molar-refractivity contribution in [2.24, 2.45) is 0 Å². The molecule has 0 atom stereocenters. The molecule has 0 unspecified atom stereocenters. The van der Waals surface area contributed by atoms with Crippen LogP contribution in [0.1, 0.15) is 5.56 Å². The third-order valence-corrected chi connectivity index (χ3v) is 2.03. The third-order valence-electron chi connectivity index (χ3n) is 2.03. The van der Waals surface area contributed by atoms with Gasteiger partial charge >= 0.3 is 6.01 Å². The molecule has 0 aliphatic carbocycles. The number of hydrogen-bond acceptors (Lipinski definition) is 5. The summed E-state index contributed by atoms with van der Waals surface area (Å²) in [7, 11) is 1.60. The Morgan fingerprint density at radius 2 is 1.65 bits per heavy atom. The number of methoxy groups -OCH3 is 1. The lowest BCUT2D eigenvalue weighted by atomic mass is 10.3. The maximum absolute atomic E-state index is 8.59. The quantitative estimate of drug-likeness (QED) is 0.803. The van der Waals surface area contributed by atoms with E-state index in [1.807, 2.05) is 6.07 Å². The van der Waals surface area contributed by atoms with Crippen LogP contribution in [0.15, 0.2) is 36.7 Å². The lowest BCUT2D eigenvalue weighted by molar-refractivity contribution is 0.410. The summed E-state index contributed by atoms with van der Waals surface area (Å²) in [6.07, 6.45) is 2.82. The van der Waals surface area contributed by atoms with Crippen molar-refractivity contribution in [2.45, 2.75) is 0 Å². The summed E-state index contributed by atoms with van der Waals surface area (Å²) in [6.45, 7) is 0. The first-order valence-corrected chi connectivity index (χ1v) is 4.86. The monoisotopic (exact) mass is 227 g/mol. The second kappa shape index (κ2) is 4.94. The molecule has 5 heteroatoms. The van der Waals surface area contributed by atoms with Crippen molar-refractivity contribution < 1.29 is 9.47 Å².